The van der Waals surface area contributed by atoms with E-state index >= 15 is 0 Å². The van der Waals surface area contributed by atoms with Crippen LogP contribution in [-0.2, 0) is 0 Å². The summed E-state index contributed by atoms with van der Waals surface area (Å²) in [5.74, 6) is 1.03. The first-order valence-corrected chi connectivity index (χ1v) is 6.88. The highest BCUT2D eigenvalue weighted by Crippen LogP contribution is 2.51. The maximum Gasteiger partial charge on any atom is 0.143 e. The van der Waals surface area contributed by atoms with E-state index in [0.29, 0.717) is 0 Å². The first-order valence-electron chi connectivity index (χ1n) is 6.88. The van der Waals surface area contributed by atoms with Crippen molar-refractivity contribution in [2.24, 2.45) is 0 Å². The van der Waals surface area contributed by atoms with E-state index < -0.39 is 0 Å². The smallest absolute Gasteiger partial charge is 0.143 e. The molecule has 0 amide bonds. The minimum atomic E-state index is 0.988. The van der Waals surface area contributed by atoms with E-state index in [1.807, 2.05) is 0 Å². The summed E-state index contributed by atoms with van der Waals surface area (Å²) in [6, 6.07) is 19.4. The van der Waals surface area contributed by atoms with Gasteiger partial charge in [0.15, 0.2) is 0 Å². The van der Waals surface area contributed by atoms with Gasteiger partial charge in [-0.2, -0.15) is 0 Å². The summed E-state index contributed by atoms with van der Waals surface area (Å²) in [5, 5.41) is 3.83. The van der Waals surface area contributed by atoms with Gasteiger partial charge in [-0.05, 0) is 29.5 Å². The monoisotopic (exact) mass is 256 g/mol. The topological polar surface area (TPSA) is 13.1 Å². The average Bonchev–Trinajstić information content (AvgIpc) is 2.97. The molecule has 3 aromatic carbocycles. The molecular weight excluding hydrogens is 244 g/mol. The van der Waals surface area contributed by atoms with Crippen molar-refractivity contribution in [3.8, 4) is 22.5 Å². The molecule has 1 nitrogen and oxygen atoms in total. The Labute approximate surface area is 116 Å². The fourth-order valence-electron chi connectivity index (χ4n) is 3.40. The third-order valence-corrected chi connectivity index (χ3v) is 4.26. The molecule has 0 spiro atoms. The van der Waals surface area contributed by atoms with Crippen LogP contribution in [0.15, 0.2) is 59.0 Å². The van der Waals surface area contributed by atoms with Crippen molar-refractivity contribution in [2.45, 2.75) is 6.92 Å². The molecule has 1 heteroatoms. The molecule has 0 saturated heterocycles. The molecular formula is C19H12O. The van der Waals surface area contributed by atoms with Crippen molar-refractivity contribution < 1.29 is 4.42 Å². The minimum absolute atomic E-state index is 0.988. The third-order valence-electron chi connectivity index (χ3n) is 4.26. The fourth-order valence-corrected chi connectivity index (χ4v) is 3.40. The van der Waals surface area contributed by atoms with Gasteiger partial charge in [0.05, 0.1) is 0 Å². The van der Waals surface area contributed by atoms with Gasteiger partial charge in [-0.25, -0.2) is 0 Å². The maximum absolute atomic E-state index is 6.16. The molecule has 4 aromatic rings. The van der Waals surface area contributed by atoms with Gasteiger partial charge < -0.3 is 4.42 Å². The predicted octanol–water partition coefficient (Wildman–Crippen LogP) is 5.54. The van der Waals surface area contributed by atoms with Gasteiger partial charge >= 0.3 is 0 Å². The zero-order valence-corrected chi connectivity index (χ0v) is 11.1. The van der Waals surface area contributed by atoms with Crippen molar-refractivity contribution in [3.63, 3.8) is 0 Å². The Morgan fingerprint density at radius 3 is 2.50 bits per heavy atom. The second-order valence-corrected chi connectivity index (χ2v) is 5.52. The number of benzene rings is 3. The molecule has 20 heavy (non-hydrogen) atoms. The number of aryl methyl sites for hydroxylation is 1. The van der Waals surface area contributed by atoms with Crippen LogP contribution in [0, 0.1) is 6.92 Å². The zero-order valence-electron chi connectivity index (χ0n) is 11.1. The Balaban J connectivity index is 2.03. The SMILES string of the molecule is Cc1ccc2c3c(oc2c1)-c1cccc2cccc-3c12. The Morgan fingerprint density at radius 2 is 1.65 bits per heavy atom. The lowest BCUT2D eigenvalue weighted by atomic mass is 10.0. The first kappa shape index (κ1) is 10.3. The van der Waals surface area contributed by atoms with E-state index in [9.17, 15) is 0 Å². The summed E-state index contributed by atoms with van der Waals surface area (Å²) in [5.41, 5.74) is 6.00. The van der Waals surface area contributed by atoms with Crippen LogP contribution in [0.25, 0.3) is 44.2 Å². The molecule has 5 rings (SSSR count). The van der Waals surface area contributed by atoms with Crippen LogP contribution in [-0.4, -0.2) is 0 Å². The van der Waals surface area contributed by atoms with Crippen molar-refractivity contribution >= 4 is 21.7 Å². The number of fused-ring (bicyclic) bond motifs is 5. The maximum atomic E-state index is 6.16. The van der Waals surface area contributed by atoms with Crippen molar-refractivity contribution in [1.29, 1.82) is 0 Å². The van der Waals surface area contributed by atoms with Gasteiger partial charge in [-0.3, -0.25) is 0 Å². The van der Waals surface area contributed by atoms with Crippen LogP contribution in [0.1, 0.15) is 5.56 Å². The van der Waals surface area contributed by atoms with Crippen molar-refractivity contribution in [1.82, 2.24) is 0 Å². The lowest BCUT2D eigenvalue weighted by Gasteiger charge is -2.02. The van der Waals surface area contributed by atoms with Crippen molar-refractivity contribution in [3.05, 3.63) is 60.2 Å². The van der Waals surface area contributed by atoms with E-state index in [2.05, 4.69) is 61.5 Å². The number of hydrogen-bond donors (Lipinski definition) is 0. The Bertz CT molecular complexity index is 1000. The second kappa shape index (κ2) is 3.31. The Kier molecular flexibility index (Phi) is 1.70. The van der Waals surface area contributed by atoms with Gasteiger partial charge in [0.1, 0.15) is 11.3 Å². The van der Waals surface area contributed by atoms with E-state index in [0.717, 1.165) is 11.3 Å². The Hall–Kier alpha value is -2.54. The van der Waals surface area contributed by atoms with Gasteiger partial charge in [0, 0.05) is 21.9 Å². The molecule has 0 radical (unpaired) electrons. The molecule has 0 unspecified atom stereocenters. The fraction of sp³-hybridized carbons (Fsp3) is 0.0526. The normalized spacial score (nSPS) is 12.2. The van der Waals surface area contributed by atoms with E-state index in [-0.39, 0.29) is 0 Å². The molecule has 0 atom stereocenters. The van der Waals surface area contributed by atoms with Crippen LogP contribution in [0.4, 0.5) is 0 Å². The average molecular weight is 256 g/mol. The number of hydrogen-bond acceptors (Lipinski definition) is 1. The molecule has 1 aliphatic rings. The summed E-state index contributed by atoms with van der Waals surface area (Å²) >= 11 is 0. The molecule has 0 fully saturated rings. The summed E-state index contributed by atoms with van der Waals surface area (Å²) in [6.07, 6.45) is 0. The van der Waals surface area contributed by atoms with Gasteiger partial charge in [0.25, 0.3) is 0 Å². The molecule has 0 saturated carbocycles. The van der Waals surface area contributed by atoms with Crippen LogP contribution in [0.2, 0.25) is 0 Å². The van der Waals surface area contributed by atoms with E-state index in [1.165, 1.54) is 38.4 Å². The molecule has 0 bridgehead atoms. The largest absolute Gasteiger partial charge is 0.455 e. The summed E-state index contributed by atoms with van der Waals surface area (Å²) in [6.45, 7) is 2.10. The van der Waals surface area contributed by atoms with Crippen molar-refractivity contribution in [2.75, 3.05) is 0 Å². The van der Waals surface area contributed by atoms with E-state index in [4.69, 9.17) is 4.42 Å². The highest BCUT2D eigenvalue weighted by atomic mass is 16.3. The summed E-state index contributed by atoms with van der Waals surface area (Å²) in [7, 11) is 0. The standard InChI is InChI=1S/C19H12O/c1-11-8-9-13-16(10-11)20-19-15-7-3-5-12-4-2-6-14(17(12)15)18(13)19/h2-10H,1H3. The number of furan rings is 1. The quantitative estimate of drug-likeness (QED) is 0.354. The summed E-state index contributed by atoms with van der Waals surface area (Å²) < 4.78 is 6.16. The van der Waals surface area contributed by atoms with Gasteiger partial charge in [-0.1, -0.05) is 48.5 Å². The summed E-state index contributed by atoms with van der Waals surface area (Å²) in [4.78, 5) is 0. The first-order chi connectivity index (χ1) is 9.83. The predicted molar refractivity (Wildman–Crippen MR) is 82.9 cm³/mol. The molecule has 1 heterocycles. The van der Waals surface area contributed by atoms with Crippen LogP contribution < -0.4 is 0 Å². The lowest BCUT2D eigenvalue weighted by molar-refractivity contribution is 0.634. The Morgan fingerprint density at radius 1 is 0.850 bits per heavy atom. The molecule has 1 aromatic heterocycles. The highest BCUT2D eigenvalue weighted by Gasteiger charge is 2.27. The highest BCUT2D eigenvalue weighted by molar-refractivity contribution is 6.19. The molecule has 0 aliphatic heterocycles. The second-order valence-electron chi connectivity index (χ2n) is 5.52. The van der Waals surface area contributed by atoms with Crippen LogP contribution >= 0.6 is 0 Å². The zero-order chi connectivity index (χ0) is 13.3. The van der Waals surface area contributed by atoms with Crippen LogP contribution in [0.5, 0.6) is 0 Å². The number of rotatable bonds is 0. The molecule has 1 aliphatic carbocycles. The molecule has 0 N–H and O–H groups in total. The molecule has 94 valence electrons. The van der Waals surface area contributed by atoms with Gasteiger partial charge in [0.2, 0.25) is 0 Å². The van der Waals surface area contributed by atoms with Crippen LogP contribution in [0.3, 0.4) is 0 Å². The minimum Gasteiger partial charge on any atom is -0.455 e. The third kappa shape index (κ3) is 1.09. The lowest BCUT2D eigenvalue weighted by Crippen LogP contribution is -1.77. The van der Waals surface area contributed by atoms with Gasteiger partial charge in [-0.15, -0.1) is 0 Å². The van der Waals surface area contributed by atoms with E-state index in [1.54, 1.807) is 0 Å².